The van der Waals surface area contributed by atoms with Crippen molar-refractivity contribution < 1.29 is 13.3 Å². The molecule has 0 unspecified atom stereocenters. The third kappa shape index (κ3) is 3.17. The monoisotopic (exact) mass is 267 g/mol. The molecule has 0 bridgehead atoms. The first kappa shape index (κ1) is 12.9. The molecule has 1 aromatic heterocycles. The van der Waals surface area contributed by atoms with Gasteiger partial charge < -0.3 is 10.1 Å². The minimum atomic E-state index is -3.12. The minimum absolute atomic E-state index is 0.0318. The normalized spacial score (nSPS) is 11.6. The average molecular weight is 268 g/mol. The fourth-order valence-corrected chi connectivity index (χ4v) is 1.98. The number of halogens is 1. The fourth-order valence-electron chi connectivity index (χ4n) is 1.00. The van der Waals surface area contributed by atoms with Gasteiger partial charge in [0.05, 0.1) is 23.6 Å². The molecule has 0 radical (unpaired) electrons. The zero-order valence-electron chi connectivity index (χ0n) is 8.46. The van der Waals surface area contributed by atoms with E-state index in [2.05, 4.69) is 5.10 Å². The van der Waals surface area contributed by atoms with Crippen LogP contribution in [0.2, 0.25) is 5.02 Å². The van der Waals surface area contributed by atoms with Crippen molar-refractivity contribution in [3.8, 4) is 0 Å². The lowest BCUT2D eigenvalue weighted by molar-refractivity contribution is -0.389. The summed E-state index contributed by atoms with van der Waals surface area (Å²) in [6.45, 7) is 1.59. The largest absolute Gasteiger partial charge is 0.408 e. The Kier molecular flexibility index (Phi) is 3.87. The molecule has 7 nitrogen and oxygen atoms in total. The molecule has 1 aromatic rings. The highest BCUT2D eigenvalue weighted by molar-refractivity contribution is 7.91. The highest BCUT2D eigenvalue weighted by atomic mass is 35.5. The van der Waals surface area contributed by atoms with Gasteiger partial charge in [0.15, 0.2) is 14.9 Å². The summed E-state index contributed by atoms with van der Waals surface area (Å²) >= 11 is 5.55. The van der Waals surface area contributed by atoms with Crippen molar-refractivity contribution in [1.82, 2.24) is 9.78 Å². The number of hydrogen-bond donors (Lipinski definition) is 0. The first-order valence-electron chi connectivity index (χ1n) is 4.43. The second kappa shape index (κ2) is 4.79. The Balaban J connectivity index is 2.77. The van der Waals surface area contributed by atoms with Gasteiger partial charge in [-0.3, -0.25) is 0 Å². The maximum Gasteiger partial charge on any atom is 0.408 e. The molecule has 0 aromatic carbocycles. The summed E-state index contributed by atoms with van der Waals surface area (Å²) in [5.74, 6) is -0.543. The lowest BCUT2D eigenvalue weighted by Gasteiger charge is -1.97. The number of nitro groups is 1. The number of aromatic nitrogens is 2. The lowest BCUT2D eigenvalue weighted by Crippen LogP contribution is -2.15. The van der Waals surface area contributed by atoms with E-state index in [1.165, 1.54) is 13.1 Å². The number of nitrogens with zero attached hydrogens (tertiary/aromatic N) is 3. The molecule has 0 atom stereocenters. The van der Waals surface area contributed by atoms with Gasteiger partial charge in [0.25, 0.3) is 0 Å². The number of sulfone groups is 1. The zero-order valence-corrected chi connectivity index (χ0v) is 10.0. The van der Waals surface area contributed by atoms with Crippen LogP contribution in [0.1, 0.15) is 6.92 Å². The summed E-state index contributed by atoms with van der Waals surface area (Å²) in [5, 5.41) is 13.9. The Labute approximate surface area is 97.1 Å². The van der Waals surface area contributed by atoms with Gasteiger partial charge in [-0.05, 0) is 4.92 Å². The van der Waals surface area contributed by atoms with Crippen LogP contribution in [-0.4, -0.2) is 34.6 Å². The summed E-state index contributed by atoms with van der Waals surface area (Å²) in [6, 6.07) is 0. The maximum absolute atomic E-state index is 11.2. The van der Waals surface area contributed by atoms with E-state index in [1.54, 1.807) is 0 Å². The smallest absolute Gasteiger partial charge is 0.358 e. The van der Waals surface area contributed by atoms with E-state index < -0.39 is 20.6 Å². The first-order chi connectivity index (χ1) is 7.35. The second-order valence-corrected chi connectivity index (χ2v) is 5.94. The van der Waals surface area contributed by atoms with Crippen LogP contribution in [0.5, 0.6) is 0 Å². The Bertz CT molecular complexity index is 496. The van der Waals surface area contributed by atoms with Gasteiger partial charge in [-0.15, -0.1) is 0 Å². The van der Waals surface area contributed by atoms with Crippen LogP contribution in [0, 0.1) is 10.1 Å². The molecule has 0 fully saturated rings. The second-order valence-electron chi connectivity index (χ2n) is 3.06. The molecule has 0 aliphatic carbocycles. The maximum atomic E-state index is 11.2. The van der Waals surface area contributed by atoms with E-state index >= 15 is 0 Å². The molecule has 1 rings (SSSR count). The molecular weight excluding hydrogens is 258 g/mol. The van der Waals surface area contributed by atoms with Gasteiger partial charge in [-0.2, -0.15) is 4.68 Å². The van der Waals surface area contributed by atoms with Crippen molar-refractivity contribution >= 4 is 27.3 Å². The number of aryl methyl sites for hydroxylation is 1. The fraction of sp³-hybridized carbons (Fsp3) is 0.571. The summed E-state index contributed by atoms with van der Waals surface area (Å²) in [4.78, 5) is 9.70. The van der Waals surface area contributed by atoms with Crippen LogP contribution in [0.3, 0.4) is 0 Å². The van der Waals surface area contributed by atoms with Crippen molar-refractivity contribution in [2.75, 3.05) is 11.5 Å². The predicted octanol–water partition coefficient (Wildman–Crippen LogP) is 0.879. The molecular formula is C7H10ClN3O4S. The number of hydrogen-bond acceptors (Lipinski definition) is 5. The van der Waals surface area contributed by atoms with Crippen LogP contribution in [0.15, 0.2) is 6.20 Å². The SMILES string of the molecule is CCS(=O)(=O)CCn1cc(Cl)c([N+](=O)[O-])n1. The lowest BCUT2D eigenvalue weighted by atomic mass is 10.6. The molecule has 0 aliphatic rings. The summed E-state index contributed by atoms with van der Waals surface area (Å²) in [5.41, 5.74) is 0. The molecule has 16 heavy (non-hydrogen) atoms. The Morgan fingerprint density at radius 2 is 2.25 bits per heavy atom. The Morgan fingerprint density at radius 1 is 1.62 bits per heavy atom. The summed E-state index contributed by atoms with van der Waals surface area (Å²) in [7, 11) is -3.12. The van der Waals surface area contributed by atoms with E-state index in [0.717, 1.165) is 4.68 Å². The Hall–Kier alpha value is -1.15. The number of rotatable bonds is 5. The van der Waals surface area contributed by atoms with E-state index in [1.807, 2.05) is 0 Å². The molecule has 9 heteroatoms. The highest BCUT2D eigenvalue weighted by Crippen LogP contribution is 2.21. The minimum Gasteiger partial charge on any atom is -0.358 e. The molecule has 1 heterocycles. The molecule has 0 spiro atoms. The summed E-state index contributed by atoms with van der Waals surface area (Å²) in [6.07, 6.45) is 1.24. The van der Waals surface area contributed by atoms with Gasteiger partial charge in [-0.1, -0.05) is 18.5 Å². The van der Waals surface area contributed by atoms with Crippen molar-refractivity contribution in [1.29, 1.82) is 0 Å². The van der Waals surface area contributed by atoms with Crippen LogP contribution < -0.4 is 0 Å². The highest BCUT2D eigenvalue weighted by Gasteiger charge is 2.19. The van der Waals surface area contributed by atoms with E-state index in [9.17, 15) is 18.5 Å². The zero-order chi connectivity index (χ0) is 12.3. The van der Waals surface area contributed by atoms with Crippen LogP contribution >= 0.6 is 11.6 Å². The van der Waals surface area contributed by atoms with Crippen LogP contribution in [0.4, 0.5) is 5.82 Å². The van der Waals surface area contributed by atoms with Crippen molar-refractivity contribution in [3.05, 3.63) is 21.3 Å². The van der Waals surface area contributed by atoms with Crippen molar-refractivity contribution in [2.45, 2.75) is 13.5 Å². The molecule has 0 aliphatic heterocycles. The van der Waals surface area contributed by atoms with Gasteiger partial charge in [-0.25, -0.2) is 8.42 Å². The molecule has 0 saturated carbocycles. The molecule has 0 saturated heterocycles. The van der Waals surface area contributed by atoms with Crippen LogP contribution in [0.25, 0.3) is 0 Å². The standard InChI is InChI=1S/C7H10ClN3O4S/c1-2-16(14,15)4-3-10-5-6(8)7(9-10)11(12)13/h5H,2-4H2,1H3. The molecule has 90 valence electrons. The topological polar surface area (TPSA) is 95.1 Å². The van der Waals surface area contributed by atoms with Crippen LogP contribution in [-0.2, 0) is 16.4 Å². The summed E-state index contributed by atoms with van der Waals surface area (Å²) < 4.78 is 23.5. The quantitative estimate of drug-likeness (QED) is 0.583. The van der Waals surface area contributed by atoms with Crippen molar-refractivity contribution in [2.24, 2.45) is 0 Å². The third-order valence-electron chi connectivity index (χ3n) is 1.94. The predicted molar refractivity (Wildman–Crippen MR) is 58.2 cm³/mol. The third-order valence-corrected chi connectivity index (χ3v) is 3.89. The Morgan fingerprint density at radius 3 is 2.69 bits per heavy atom. The van der Waals surface area contributed by atoms with E-state index in [4.69, 9.17) is 11.6 Å². The van der Waals surface area contributed by atoms with E-state index in [0.29, 0.717) is 0 Å². The van der Waals surface area contributed by atoms with Gasteiger partial charge in [0.1, 0.15) is 0 Å². The van der Waals surface area contributed by atoms with Gasteiger partial charge in [0.2, 0.25) is 0 Å². The van der Waals surface area contributed by atoms with Gasteiger partial charge in [0, 0.05) is 5.75 Å². The van der Waals surface area contributed by atoms with E-state index in [-0.39, 0.29) is 23.1 Å². The molecule has 0 amide bonds. The average Bonchev–Trinajstić information content (AvgIpc) is 2.57. The van der Waals surface area contributed by atoms with Gasteiger partial charge >= 0.3 is 5.82 Å². The first-order valence-corrected chi connectivity index (χ1v) is 6.63. The van der Waals surface area contributed by atoms with Crippen molar-refractivity contribution in [3.63, 3.8) is 0 Å². The molecule has 0 N–H and O–H groups in total.